The Morgan fingerprint density at radius 1 is 1.09 bits per heavy atom. The lowest BCUT2D eigenvalue weighted by atomic mass is 10.0. The van der Waals surface area contributed by atoms with Crippen LogP contribution in [-0.2, 0) is 11.3 Å². The van der Waals surface area contributed by atoms with Gasteiger partial charge in [-0.25, -0.2) is 4.39 Å². The molecule has 1 N–H and O–H groups in total. The lowest BCUT2D eigenvalue weighted by Crippen LogP contribution is -2.38. The maximum atomic E-state index is 14.9. The van der Waals surface area contributed by atoms with Crippen LogP contribution in [0.4, 0.5) is 10.1 Å². The van der Waals surface area contributed by atoms with Crippen molar-refractivity contribution >= 4 is 28.2 Å². The zero-order chi connectivity index (χ0) is 23.5. The molecule has 2 aromatic heterocycles. The van der Waals surface area contributed by atoms with Crippen LogP contribution in [0.15, 0.2) is 61.1 Å². The molecule has 5 rings (SSSR count). The minimum absolute atomic E-state index is 0.266. The molecule has 0 bridgehead atoms. The van der Waals surface area contributed by atoms with Crippen LogP contribution >= 0.6 is 11.6 Å². The first-order chi connectivity index (χ1) is 16.6. The van der Waals surface area contributed by atoms with Gasteiger partial charge in [-0.1, -0.05) is 35.9 Å². The molecule has 1 aliphatic rings. The summed E-state index contributed by atoms with van der Waals surface area (Å²) in [5.74, 6) is -0.266. The number of halogens is 2. The maximum Gasteiger partial charge on any atom is 0.128 e. The number of hydrogen-bond donors (Lipinski definition) is 1. The molecule has 1 atom stereocenters. The molecule has 4 aromatic rings. The van der Waals surface area contributed by atoms with Crippen LogP contribution in [0.2, 0.25) is 5.02 Å². The van der Waals surface area contributed by atoms with Crippen LogP contribution in [-0.4, -0.2) is 52.5 Å². The van der Waals surface area contributed by atoms with Crippen molar-refractivity contribution in [3.05, 3.63) is 77.5 Å². The van der Waals surface area contributed by atoms with E-state index in [1.807, 2.05) is 54.3 Å². The van der Waals surface area contributed by atoms with Gasteiger partial charge in [0.15, 0.2) is 0 Å². The first kappa shape index (κ1) is 22.8. The number of rotatable bonds is 7. The first-order valence-corrected chi connectivity index (χ1v) is 11.9. The predicted octanol–water partition coefficient (Wildman–Crippen LogP) is 5.40. The van der Waals surface area contributed by atoms with E-state index in [0.717, 1.165) is 67.1 Å². The molecule has 0 amide bonds. The van der Waals surface area contributed by atoms with Crippen LogP contribution in [0.3, 0.4) is 0 Å². The van der Waals surface area contributed by atoms with Crippen LogP contribution in [0, 0.1) is 5.82 Å². The Hall–Kier alpha value is -3.00. The number of benzene rings is 2. The fourth-order valence-corrected chi connectivity index (χ4v) is 4.52. The molecule has 1 unspecified atom stereocenters. The molecular formula is C26H27ClFN5O. The average molecular weight is 480 g/mol. The highest BCUT2D eigenvalue weighted by Crippen LogP contribution is 2.34. The molecule has 0 aliphatic carbocycles. The molecule has 8 heteroatoms. The fourth-order valence-electron chi connectivity index (χ4n) is 4.32. The van der Waals surface area contributed by atoms with Crippen molar-refractivity contribution in [1.29, 1.82) is 0 Å². The van der Waals surface area contributed by atoms with E-state index in [-0.39, 0.29) is 11.9 Å². The summed E-state index contributed by atoms with van der Waals surface area (Å²) in [6.07, 6.45) is 5.47. The summed E-state index contributed by atoms with van der Waals surface area (Å²) in [4.78, 5) is 6.75. The Morgan fingerprint density at radius 2 is 1.91 bits per heavy atom. The fraction of sp³-hybridized carbons (Fsp3) is 0.308. The Kier molecular flexibility index (Phi) is 6.76. The largest absolute Gasteiger partial charge is 0.379 e. The number of nitrogens with one attached hydrogen (secondary N) is 1. The molecule has 1 saturated heterocycles. The third-order valence-electron chi connectivity index (χ3n) is 6.27. The van der Waals surface area contributed by atoms with Crippen LogP contribution < -0.4 is 5.32 Å². The van der Waals surface area contributed by atoms with Gasteiger partial charge in [-0.15, -0.1) is 0 Å². The lowest BCUT2D eigenvalue weighted by molar-refractivity contribution is 0.0360. The molecule has 0 saturated carbocycles. The van der Waals surface area contributed by atoms with Crippen molar-refractivity contribution < 1.29 is 9.13 Å². The predicted molar refractivity (Wildman–Crippen MR) is 134 cm³/mol. The van der Waals surface area contributed by atoms with Crippen molar-refractivity contribution in [2.75, 3.05) is 38.2 Å². The van der Waals surface area contributed by atoms with Gasteiger partial charge in [0, 0.05) is 48.5 Å². The van der Waals surface area contributed by atoms with Crippen molar-refractivity contribution in [3.8, 4) is 11.1 Å². The molecule has 0 radical (unpaired) electrons. The number of hydrogen-bond acceptors (Lipinski definition) is 5. The zero-order valence-electron chi connectivity index (χ0n) is 19.0. The monoisotopic (exact) mass is 479 g/mol. The van der Waals surface area contributed by atoms with Gasteiger partial charge in [0.2, 0.25) is 0 Å². The second kappa shape index (κ2) is 10.1. The molecule has 1 aliphatic heterocycles. The summed E-state index contributed by atoms with van der Waals surface area (Å²) in [5, 5.41) is 9.32. The van der Waals surface area contributed by atoms with Gasteiger partial charge in [0.25, 0.3) is 0 Å². The summed E-state index contributed by atoms with van der Waals surface area (Å²) in [6.45, 7) is 7.15. The number of nitrogens with zero attached hydrogens (tertiary/aromatic N) is 4. The number of para-hydroxylation sites is 1. The van der Waals surface area contributed by atoms with Gasteiger partial charge in [0.1, 0.15) is 5.82 Å². The smallest absolute Gasteiger partial charge is 0.128 e. The quantitative estimate of drug-likeness (QED) is 0.385. The van der Waals surface area contributed by atoms with E-state index in [1.54, 1.807) is 12.3 Å². The first-order valence-electron chi connectivity index (χ1n) is 11.5. The number of fused-ring (bicyclic) bond motifs is 1. The normalized spacial score (nSPS) is 15.5. The van der Waals surface area contributed by atoms with Gasteiger partial charge in [0.05, 0.1) is 48.2 Å². The van der Waals surface area contributed by atoms with E-state index >= 15 is 0 Å². The third-order valence-corrected chi connectivity index (χ3v) is 6.55. The minimum atomic E-state index is -0.306. The highest BCUT2D eigenvalue weighted by atomic mass is 35.5. The van der Waals surface area contributed by atoms with Crippen LogP contribution in [0.1, 0.15) is 18.5 Å². The second-order valence-electron chi connectivity index (χ2n) is 8.55. The van der Waals surface area contributed by atoms with Crippen molar-refractivity contribution in [1.82, 2.24) is 19.7 Å². The van der Waals surface area contributed by atoms with Crippen molar-refractivity contribution in [2.24, 2.45) is 0 Å². The molecule has 6 nitrogen and oxygen atoms in total. The molecule has 3 heterocycles. The Morgan fingerprint density at radius 3 is 2.76 bits per heavy atom. The molecule has 176 valence electrons. The van der Waals surface area contributed by atoms with Gasteiger partial charge < -0.3 is 10.1 Å². The minimum Gasteiger partial charge on any atom is -0.379 e. The highest BCUT2D eigenvalue weighted by Gasteiger charge is 2.17. The topological polar surface area (TPSA) is 55.2 Å². The van der Waals surface area contributed by atoms with E-state index in [2.05, 4.69) is 20.3 Å². The number of ether oxygens (including phenoxy) is 1. The SMILES string of the molecule is CC(Nc1c(Cl)cnc2ccccc12)c1cc(-c2cnn(CCN3CCOCC3)c2)ccc1F. The van der Waals surface area contributed by atoms with Gasteiger partial charge in [-0.3, -0.25) is 14.6 Å². The van der Waals surface area contributed by atoms with Crippen LogP contribution in [0.5, 0.6) is 0 Å². The van der Waals surface area contributed by atoms with Gasteiger partial charge in [-0.05, 0) is 30.7 Å². The molecular weight excluding hydrogens is 453 g/mol. The number of pyridine rings is 1. The molecule has 0 spiro atoms. The van der Waals surface area contributed by atoms with Gasteiger partial charge in [-0.2, -0.15) is 5.10 Å². The average Bonchev–Trinajstić information content (AvgIpc) is 3.34. The summed E-state index contributed by atoms with van der Waals surface area (Å²) in [5.41, 5.74) is 4.03. The lowest BCUT2D eigenvalue weighted by Gasteiger charge is -2.26. The number of aromatic nitrogens is 3. The molecule has 2 aromatic carbocycles. The summed E-state index contributed by atoms with van der Waals surface area (Å²) in [7, 11) is 0. The van der Waals surface area contributed by atoms with E-state index in [9.17, 15) is 4.39 Å². The van der Waals surface area contributed by atoms with E-state index < -0.39 is 0 Å². The van der Waals surface area contributed by atoms with E-state index in [0.29, 0.717) is 10.6 Å². The van der Waals surface area contributed by atoms with Crippen molar-refractivity contribution in [3.63, 3.8) is 0 Å². The molecule has 1 fully saturated rings. The van der Waals surface area contributed by atoms with Gasteiger partial charge >= 0.3 is 0 Å². The molecule has 34 heavy (non-hydrogen) atoms. The summed E-state index contributed by atoms with van der Waals surface area (Å²) < 4.78 is 22.2. The third kappa shape index (κ3) is 4.92. The number of morpholine rings is 1. The standard InChI is InChI=1S/C26H27ClFN5O/c1-18(31-26-21-4-2-3-5-25(21)29-16-23(26)27)22-14-19(6-7-24(22)28)20-15-30-33(17-20)9-8-32-10-12-34-13-11-32/h2-7,14-18H,8-13H2,1H3,(H,29,31). The second-order valence-corrected chi connectivity index (χ2v) is 8.95. The highest BCUT2D eigenvalue weighted by molar-refractivity contribution is 6.34. The van der Waals surface area contributed by atoms with Crippen molar-refractivity contribution in [2.45, 2.75) is 19.5 Å². The maximum absolute atomic E-state index is 14.9. The van der Waals surface area contributed by atoms with Crippen LogP contribution in [0.25, 0.3) is 22.0 Å². The zero-order valence-corrected chi connectivity index (χ0v) is 19.8. The van der Waals surface area contributed by atoms with E-state index in [4.69, 9.17) is 16.3 Å². The Balaban J connectivity index is 1.34. The Bertz CT molecular complexity index is 1290. The summed E-state index contributed by atoms with van der Waals surface area (Å²) >= 11 is 6.45. The Labute approximate surface area is 203 Å². The number of anilines is 1. The summed E-state index contributed by atoms with van der Waals surface area (Å²) in [6, 6.07) is 12.6. The van der Waals surface area contributed by atoms with E-state index in [1.165, 1.54) is 6.07 Å².